The van der Waals surface area contributed by atoms with E-state index in [4.69, 9.17) is 5.41 Å². The van der Waals surface area contributed by atoms with Gasteiger partial charge in [0.1, 0.15) is 5.84 Å². The Morgan fingerprint density at radius 2 is 1.52 bits per heavy atom. The highest BCUT2D eigenvalue weighted by atomic mass is 32.1. The summed E-state index contributed by atoms with van der Waals surface area (Å²) in [5.41, 5.74) is 2.11. The van der Waals surface area contributed by atoms with E-state index in [0.717, 1.165) is 16.3 Å². The number of thiophene rings is 1. The van der Waals surface area contributed by atoms with E-state index in [-0.39, 0.29) is 5.91 Å². The van der Waals surface area contributed by atoms with Gasteiger partial charge in [0.25, 0.3) is 5.91 Å². The summed E-state index contributed by atoms with van der Waals surface area (Å²) >= 11 is 1.51. The van der Waals surface area contributed by atoms with Gasteiger partial charge in [-0.2, -0.15) is 0 Å². The van der Waals surface area contributed by atoms with Crippen LogP contribution < -0.4 is 10.6 Å². The summed E-state index contributed by atoms with van der Waals surface area (Å²) in [6.07, 6.45) is 0. The largest absolute Gasteiger partial charge is 0.340 e. The first kappa shape index (κ1) is 15.0. The monoisotopic (exact) mass is 321 g/mol. The van der Waals surface area contributed by atoms with E-state index < -0.39 is 0 Å². The van der Waals surface area contributed by atoms with Gasteiger partial charge in [0.15, 0.2) is 0 Å². The van der Waals surface area contributed by atoms with Gasteiger partial charge in [-0.1, -0.05) is 24.3 Å². The van der Waals surface area contributed by atoms with Gasteiger partial charge in [0.2, 0.25) is 0 Å². The minimum atomic E-state index is -0.156. The van der Waals surface area contributed by atoms with Crippen molar-refractivity contribution < 1.29 is 4.79 Å². The Labute approximate surface area is 138 Å². The SMILES string of the molecule is N=C(Nc1ccc(C(=O)Nc2ccccc2)cc1)c1cccs1. The molecule has 0 bridgehead atoms. The molecule has 4 nitrogen and oxygen atoms in total. The van der Waals surface area contributed by atoms with E-state index in [1.807, 2.05) is 47.8 Å². The zero-order chi connectivity index (χ0) is 16.1. The highest BCUT2D eigenvalue weighted by molar-refractivity contribution is 7.12. The summed E-state index contributed by atoms with van der Waals surface area (Å²) in [5.74, 6) is 0.192. The van der Waals surface area contributed by atoms with E-state index in [0.29, 0.717) is 11.4 Å². The minimum Gasteiger partial charge on any atom is -0.340 e. The summed E-state index contributed by atoms with van der Waals surface area (Å²) in [7, 11) is 0. The number of hydrogen-bond acceptors (Lipinski definition) is 3. The number of carbonyl (C=O) groups excluding carboxylic acids is 1. The van der Waals surface area contributed by atoms with Crippen LogP contribution in [0.25, 0.3) is 0 Å². The van der Waals surface area contributed by atoms with Crippen LogP contribution in [0.4, 0.5) is 11.4 Å². The van der Waals surface area contributed by atoms with Crippen molar-refractivity contribution in [2.24, 2.45) is 0 Å². The quantitative estimate of drug-likeness (QED) is 0.491. The van der Waals surface area contributed by atoms with Gasteiger partial charge in [-0.25, -0.2) is 0 Å². The van der Waals surface area contributed by atoms with Crippen molar-refractivity contribution in [3.05, 3.63) is 82.6 Å². The predicted octanol–water partition coefficient (Wildman–Crippen LogP) is 4.44. The van der Waals surface area contributed by atoms with Crippen LogP contribution in [0.2, 0.25) is 0 Å². The molecule has 0 aliphatic carbocycles. The zero-order valence-corrected chi connectivity index (χ0v) is 13.1. The summed E-state index contributed by atoms with van der Waals surface area (Å²) < 4.78 is 0. The number of nitrogens with one attached hydrogen (secondary N) is 3. The maximum atomic E-state index is 12.2. The Bertz CT molecular complexity index is 796. The summed E-state index contributed by atoms with van der Waals surface area (Å²) in [5, 5.41) is 15.8. The molecule has 0 aliphatic rings. The molecule has 3 aromatic rings. The molecule has 0 spiro atoms. The van der Waals surface area contributed by atoms with Crippen LogP contribution in [0.15, 0.2) is 72.1 Å². The maximum absolute atomic E-state index is 12.2. The van der Waals surface area contributed by atoms with E-state index in [2.05, 4.69) is 10.6 Å². The fraction of sp³-hybridized carbons (Fsp3) is 0. The number of amidine groups is 1. The number of amides is 1. The van der Waals surface area contributed by atoms with Crippen molar-refractivity contribution in [1.82, 2.24) is 0 Å². The van der Waals surface area contributed by atoms with Gasteiger partial charge in [0.05, 0.1) is 4.88 Å². The van der Waals surface area contributed by atoms with Crippen molar-refractivity contribution >= 4 is 34.5 Å². The number of benzene rings is 2. The fourth-order valence-corrected chi connectivity index (χ4v) is 2.69. The molecular weight excluding hydrogens is 306 g/mol. The van der Waals surface area contributed by atoms with Crippen LogP contribution in [0.1, 0.15) is 15.2 Å². The first-order valence-electron chi connectivity index (χ1n) is 7.08. The van der Waals surface area contributed by atoms with Crippen LogP contribution in [0, 0.1) is 5.41 Å². The third kappa shape index (κ3) is 3.84. The Kier molecular flexibility index (Phi) is 4.49. The fourth-order valence-electron chi connectivity index (χ4n) is 2.06. The number of hydrogen-bond donors (Lipinski definition) is 3. The number of carbonyl (C=O) groups is 1. The van der Waals surface area contributed by atoms with Gasteiger partial charge in [-0.05, 0) is 47.8 Å². The molecule has 0 aliphatic heterocycles. The van der Waals surface area contributed by atoms with Crippen molar-refractivity contribution in [3.63, 3.8) is 0 Å². The lowest BCUT2D eigenvalue weighted by Gasteiger charge is -2.08. The van der Waals surface area contributed by atoms with Crippen molar-refractivity contribution in [3.8, 4) is 0 Å². The molecule has 0 radical (unpaired) electrons. The molecule has 0 unspecified atom stereocenters. The van der Waals surface area contributed by atoms with E-state index in [1.165, 1.54) is 11.3 Å². The summed E-state index contributed by atoms with van der Waals surface area (Å²) in [4.78, 5) is 13.0. The van der Waals surface area contributed by atoms with E-state index >= 15 is 0 Å². The highest BCUT2D eigenvalue weighted by Gasteiger charge is 2.07. The third-order valence-corrected chi connectivity index (χ3v) is 4.10. The first-order valence-corrected chi connectivity index (χ1v) is 7.96. The lowest BCUT2D eigenvalue weighted by atomic mass is 10.2. The maximum Gasteiger partial charge on any atom is 0.255 e. The average molecular weight is 321 g/mol. The Morgan fingerprint density at radius 3 is 2.17 bits per heavy atom. The Balaban J connectivity index is 1.65. The Morgan fingerprint density at radius 1 is 0.826 bits per heavy atom. The molecule has 0 saturated heterocycles. The van der Waals surface area contributed by atoms with Crippen LogP contribution in [0.5, 0.6) is 0 Å². The second-order valence-electron chi connectivity index (χ2n) is 4.87. The van der Waals surface area contributed by atoms with Gasteiger partial charge in [0, 0.05) is 16.9 Å². The molecule has 1 amide bonds. The number of para-hydroxylation sites is 1. The minimum absolute atomic E-state index is 0.156. The molecule has 114 valence electrons. The second kappa shape index (κ2) is 6.89. The van der Waals surface area contributed by atoms with Gasteiger partial charge in [-0.15, -0.1) is 11.3 Å². The number of anilines is 2. The molecule has 3 N–H and O–H groups in total. The van der Waals surface area contributed by atoms with Gasteiger partial charge in [-0.3, -0.25) is 10.2 Å². The normalized spacial score (nSPS) is 10.1. The molecule has 1 aromatic heterocycles. The molecule has 1 heterocycles. The number of rotatable bonds is 4. The smallest absolute Gasteiger partial charge is 0.255 e. The average Bonchev–Trinajstić information content (AvgIpc) is 3.11. The van der Waals surface area contributed by atoms with E-state index in [9.17, 15) is 4.79 Å². The summed E-state index contributed by atoms with van der Waals surface area (Å²) in [6, 6.07) is 20.2. The lowest BCUT2D eigenvalue weighted by molar-refractivity contribution is 0.102. The lowest BCUT2D eigenvalue weighted by Crippen LogP contribution is -2.13. The zero-order valence-electron chi connectivity index (χ0n) is 12.2. The van der Waals surface area contributed by atoms with Crippen molar-refractivity contribution in [2.75, 3.05) is 10.6 Å². The second-order valence-corrected chi connectivity index (χ2v) is 5.82. The van der Waals surface area contributed by atoms with Crippen LogP contribution in [0.3, 0.4) is 0 Å². The third-order valence-electron chi connectivity index (χ3n) is 3.22. The van der Waals surface area contributed by atoms with Crippen LogP contribution >= 0.6 is 11.3 Å². The van der Waals surface area contributed by atoms with Crippen LogP contribution in [-0.2, 0) is 0 Å². The molecule has 2 aromatic carbocycles. The summed E-state index contributed by atoms with van der Waals surface area (Å²) in [6.45, 7) is 0. The van der Waals surface area contributed by atoms with Gasteiger partial charge >= 0.3 is 0 Å². The first-order chi connectivity index (χ1) is 11.2. The van der Waals surface area contributed by atoms with Crippen LogP contribution in [-0.4, -0.2) is 11.7 Å². The molecule has 5 heteroatoms. The van der Waals surface area contributed by atoms with E-state index in [1.54, 1.807) is 24.3 Å². The molecule has 3 rings (SSSR count). The molecule has 23 heavy (non-hydrogen) atoms. The van der Waals surface area contributed by atoms with Crippen molar-refractivity contribution in [2.45, 2.75) is 0 Å². The molecule has 0 atom stereocenters. The molecule has 0 saturated carbocycles. The predicted molar refractivity (Wildman–Crippen MR) is 95.6 cm³/mol. The standard InChI is InChI=1S/C18H15N3OS/c19-17(16-7-4-12-23-16)20-15-10-8-13(9-11-15)18(22)21-14-5-2-1-3-6-14/h1-12H,(H2,19,20)(H,21,22). The molecular formula is C18H15N3OS. The van der Waals surface area contributed by atoms with Gasteiger partial charge < -0.3 is 10.6 Å². The molecule has 0 fully saturated rings. The topological polar surface area (TPSA) is 65.0 Å². The Hall–Kier alpha value is -2.92. The van der Waals surface area contributed by atoms with Crippen molar-refractivity contribution in [1.29, 1.82) is 5.41 Å². The highest BCUT2D eigenvalue weighted by Crippen LogP contribution is 2.15.